The third-order valence-electron chi connectivity index (χ3n) is 5.92. The van der Waals surface area contributed by atoms with Crippen molar-refractivity contribution in [3.63, 3.8) is 0 Å². The molecule has 1 aliphatic carbocycles. The fourth-order valence-electron chi connectivity index (χ4n) is 3.90. The molecule has 3 aromatic rings. The zero-order chi connectivity index (χ0) is 24.9. The van der Waals surface area contributed by atoms with E-state index in [4.69, 9.17) is 16.6 Å². The Bertz CT molecular complexity index is 1300. The molecule has 1 saturated carbocycles. The molecule has 0 bridgehead atoms. The maximum atomic E-state index is 12.5. The molecule has 1 unspecified atom stereocenters. The number of hydrogen-bond donors (Lipinski definition) is 6. The van der Waals surface area contributed by atoms with Gasteiger partial charge >= 0.3 is 0 Å². The van der Waals surface area contributed by atoms with Crippen LogP contribution < -0.4 is 16.4 Å². The molecule has 1 atom stereocenters. The number of hydrogen-bond acceptors (Lipinski definition) is 8. The van der Waals surface area contributed by atoms with E-state index >= 15 is 0 Å². The predicted octanol–water partition coefficient (Wildman–Crippen LogP) is 3.04. The van der Waals surface area contributed by atoms with E-state index < -0.39 is 11.8 Å². The smallest absolute Gasteiger partial charge is 0.269 e. The minimum Gasteiger partial charge on any atom is -0.396 e. The Labute approximate surface area is 202 Å². The Balaban J connectivity index is 1.54. The van der Waals surface area contributed by atoms with Gasteiger partial charge in [-0.2, -0.15) is 0 Å². The maximum absolute atomic E-state index is 12.5. The molecule has 0 radical (unpaired) electrons. The van der Waals surface area contributed by atoms with E-state index in [-0.39, 0.29) is 36.3 Å². The average Bonchev–Trinajstić information content (AvgIpc) is 3.69. The summed E-state index contributed by atoms with van der Waals surface area (Å²) in [6.07, 6.45) is 3.67. The SMILES string of the molecule is N=C(CC(=N)C1CC1)C(=O)Nc1cccc(C(CCO)Nc2ncnc3c(C(N)=O)cccc23)c1. The number of benzene rings is 2. The van der Waals surface area contributed by atoms with Crippen LogP contribution in [0.3, 0.4) is 0 Å². The first-order valence-electron chi connectivity index (χ1n) is 11.3. The number of aliphatic hydroxyl groups excluding tert-OH is 1. The fraction of sp³-hybridized carbons (Fsp3) is 0.280. The van der Waals surface area contributed by atoms with Gasteiger partial charge in [-0.25, -0.2) is 9.97 Å². The fourth-order valence-corrected chi connectivity index (χ4v) is 3.90. The molecule has 4 rings (SSSR count). The van der Waals surface area contributed by atoms with E-state index in [0.29, 0.717) is 34.5 Å². The number of primary amides is 1. The molecule has 1 aliphatic rings. The number of anilines is 2. The van der Waals surface area contributed by atoms with Crippen LogP contribution >= 0.6 is 0 Å². The Kier molecular flexibility index (Phi) is 7.11. The summed E-state index contributed by atoms with van der Waals surface area (Å²) in [4.78, 5) is 32.8. The highest BCUT2D eigenvalue weighted by atomic mass is 16.3. The maximum Gasteiger partial charge on any atom is 0.269 e. The van der Waals surface area contributed by atoms with Gasteiger partial charge in [0, 0.05) is 29.8 Å². The molecule has 10 heteroatoms. The molecule has 0 spiro atoms. The average molecular weight is 474 g/mol. The van der Waals surface area contributed by atoms with Gasteiger partial charge < -0.3 is 26.9 Å². The van der Waals surface area contributed by atoms with Gasteiger partial charge in [-0.1, -0.05) is 18.2 Å². The van der Waals surface area contributed by atoms with Gasteiger partial charge in [-0.15, -0.1) is 0 Å². The molecule has 2 aromatic carbocycles. The van der Waals surface area contributed by atoms with Crippen molar-refractivity contribution in [1.29, 1.82) is 10.8 Å². The summed E-state index contributed by atoms with van der Waals surface area (Å²) in [6.45, 7) is -0.0995. The number of para-hydroxylation sites is 1. The second-order valence-electron chi connectivity index (χ2n) is 8.53. The number of amides is 2. The summed E-state index contributed by atoms with van der Waals surface area (Å²) in [5.74, 6) is -0.437. The number of aromatic nitrogens is 2. The van der Waals surface area contributed by atoms with Crippen LogP contribution in [0.1, 0.15) is 47.6 Å². The van der Waals surface area contributed by atoms with Crippen molar-refractivity contribution in [3.05, 3.63) is 59.9 Å². The molecule has 1 aromatic heterocycles. The number of rotatable bonds is 11. The number of nitrogens with one attached hydrogen (secondary N) is 4. The van der Waals surface area contributed by atoms with E-state index in [0.717, 1.165) is 18.4 Å². The lowest BCUT2D eigenvalue weighted by atomic mass is 10.0. The number of nitrogens with zero attached hydrogens (tertiary/aromatic N) is 2. The third kappa shape index (κ3) is 5.67. The number of aliphatic hydroxyl groups is 1. The van der Waals surface area contributed by atoms with Crippen LogP contribution in [0.2, 0.25) is 0 Å². The van der Waals surface area contributed by atoms with Gasteiger partial charge in [0.05, 0.1) is 17.1 Å². The molecule has 7 N–H and O–H groups in total. The molecule has 35 heavy (non-hydrogen) atoms. The van der Waals surface area contributed by atoms with E-state index in [1.807, 2.05) is 6.07 Å². The number of nitrogens with two attached hydrogens (primary N) is 1. The van der Waals surface area contributed by atoms with Crippen LogP contribution in [0.15, 0.2) is 48.8 Å². The first kappa shape index (κ1) is 24.0. The second-order valence-corrected chi connectivity index (χ2v) is 8.53. The third-order valence-corrected chi connectivity index (χ3v) is 5.92. The van der Waals surface area contributed by atoms with Crippen LogP contribution in [0.5, 0.6) is 0 Å². The van der Waals surface area contributed by atoms with Crippen molar-refractivity contribution >= 4 is 45.6 Å². The summed E-state index contributed by atoms with van der Waals surface area (Å²) in [5, 5.41) is 32.3. The Morgan fingerprint density at radius 2 is 1.91 bits per heavy atom. The van der Waals surface area contributed by atoms with Gasteiger partial charge in [0.2, 0.25) is 0 Å². The van der Waals surface area contributed by atoms with Crippen LogP contribution in [0, 0.1) is 16.7 Å². The Morgan fingerprint density at radius 3 is 2.63 bits per heavy atom. The van der Waals surface area contributed by atoms with Crippen molar-refractivity contribution < 1.29 is 14.7 Å². The summed E-state index contributed by atoms with van der Waals surface area (Å²) >= 11 is 0. The topological polar surface area (TPSA) is 178 Å². The van der Waals surface area contributed by atoms with Gasteiger partial charge in [-0.3, -0.25) is 15.0 Å². The van der Waals surface area contributed by atoms with Crippen LogP contribution in [-0.2, 0) is 4.79 Å². The molecule has 2 amide bonds. The van der Waals surface area contributed by atoms with Crippen molar-refractivity contribution in [1.82, 2.24) is 9.97 Å². The quantitative estimate of drug-likeness (QED) is 0.233. The molecular formula is C25H27N7O3. The molecule has 180 valence electrons. The molecule has 10 nitrogen and oxygen atoms in total. The minimum absolute atomic E-state index is 0.0545. The molecule has 1 fully saturated rings. The lowest BCUT2D eigenvalue weighted by Crippen LogP contribution is -2.25. The normalized spacial score (nSPS) is 13.7. The highest BCUT2D eigenvalue weighted by Gasteiger charge is 2.28. The summed E-state index contributed by atoms with van der Waals surface area (Å²) in [7, 11) is 0. The van der Waals surface area contributed by atoms with Gasteiger partial charge in [0.15, 0.2) is 0 Å². The lowest BCUT2D eigenvalue weighted by Gasteiger charge is -2.21. The van der Waals surface area contributed by atoms with Crippen molar-refractivity contribution in [3.8, 4) is 0 Å². The standard InChI is InChI=1S/C25H27N7O3/c26-19(14-7-8-14)12-20(27)25(35)31-16-4-1-3-15(11-16)21(9-10-33)32-24-18-6-2-5-17(23(28)34)22(18)29-13-30-24/h1-6,11,13-14,21,26-27,33H,7-10,12H2,(H2,28,34)(H,31,35)(H,29,30,32). The van der Waals surface area contributed by atoms with E-state index in [9.17, 15) is 14.7 Å². The number of carbonyl (C=O) groups excluding carboxylic acids is 2. The second kappa shape index (κ2) is 10.4. The Morgan fingerprint density at radius 1 is 1.14 bits per heavy atom. The van der Waals surface area contributed by atoms with Crippen molar-refractivity contribution in [2.24, 2.45) is 11.7 Å². The number of carbonyl (C=O) groups is 2. The van der Waals surface area contributed by atoms with Crippen LogP contribution in [0.25, 0.3) is 10.9 Å². The van der Waals surface area contributed by atoms with E-state index in [1.54, 1.807) is 36.4 Å². The summed E-state index contributed by atoms with van der Waals surface area (Å²) in [6, 6.07) is 11.8. The van der Waals surface area contributed by atoms with Crippen LogP contribution in [0.4, 0.5) is 11.5 Å². The molecule has 0 saturated heterocycles. The van der Waals surface area contributed by atoms with Crippen LogP contribution in [-0.4, -0.2) is 44.9 Å². The van der Waals surface area contributed by atoms with Gasteiger partial charge in [-0.05, 0) is 55.0 Å². The Hall–Kier alpha value is -4.18. The highest BCUT2D eigenvalue weighted by Crippen LogP contribution is 2.31. The summed E-state index contributed by atoms with van der Waals surface area (Å²) < 4.78 is 0. The molecular weight excluding hydrogens is 446 g/mol. The number of fused-ring (bicyclic) bond motifs is 1. The first-order valence-corrected chi connectivity index (χ1v) is 11.3. The van der Waals surface area contributed by atoms with E-state index in [2.05, 4.69) is 20.6 Å². The van der Waals surface area contributed by atoms with Crippen molar-refractivity contribution in [2.45, 2.75) is 31.7 Å². The van der Waals surface area contributed by atoms with Gasteiger partial charge in [0.1, 0.15) is 17.9 Å². The predicted molar refractivity (Wildman–Crippen MR) is 134 cm³/mol. The zero-order valence-corrected chi connectivity index (χ0v) is 19.0. The zero-order valence-electron chi connectivity index (χ0n) is 19.0. The summed E-state index contributed by atoms with van der Waals surface area (Å²) in [5.41, 5.74) is 7.77. The monoisotopic (exact) mass is 473 g/mol. The molecule has 1 heterocycles. The van der Waals surface area contributed by atoms with E-state index in [1.165, 1.54) is 6.33 Å². The van der Waals surface area contributed by atoms with Crippen molar-refractivity contribution in [2.75, 3.05) is 17.2 Å². The molecule has 0 aliphatic heterocycles. The highest BCUT2D eigenvalue weighted by molar-refractivity contribution is 6.44. The van der Waals surface area contributed by atoms with Gasteiger partial charge in [0.25, 0.3) is 11.8 Å². The first-order chi connectivity index (χ1) is 16.9. The lowest BCUT2D eigenvalue weighted by molar-refractivity contribution is -0.110. The largest absolute Gasteiger partial charge is 0.396 e. The minimum atomic E-state index is -0.589.